The number of hydrogen-bond donors (Lipinski definition) is 2. The van der Waals surface area contributed by atoms with E-state index in [1.165, 1.54) is 30.5 Å². The van der Waals surface area contributed by atoms with Gasteiger partial charge in [0.25, 0.3) is 0 Å². The van der Waals surface area contributed by atoms with Gasteiger partial charge in [0.15, 0.2) is 0 Å². The summed E-state index contributed by atoms with van der Waals surface area (Å²) >= 11 is 0. The van der Waals surface area contributed by atoms with Crippen molar-refractivity contribution in [2.75, 3.05) is 32.8 Å². The molecule has 3 nitrogen and oxygen atoms in total. The van der Waals surface area contributed by atoms with Gasteiger partial charge in [-0.1, -0.05) is 24.3 Å². The van der Waals surface area contributed by atoms with Crippen molar-refractivity contribution in [3.63, 3.8) is 0 Å². The molecule has 0 aliphatic carbocycles. The monoisotopic (exact) mass is 246 g/mol. The van der Waals surface area contributed by atoms with Gasteiger partial charge in [-0.2, -0.15) is 0 Å². The molecule has 2 heterocycles. The molecule has 0 saturated carbocycles. The van der Waals surface area contributed by atoms with Crippen LogP contribution in [0.15, 0.2) is 24.3 Å². The summed E-state index contributed by atoms with van der Waals surface area (Å²) in [6.07, 6.45) is 2.61. The van der Waals surface area contributed by atoms with Gasteiger partial charge >= 0.3 is 0 Å². The van der Waals surface area contributed by atoms with Crippen LogP contribution >= 0.6 is 0 Å². The molecule has 0 spiro atoms. The van der Waals surface area contributed by atoms with Crippen LogP contribution < -0.4 is 10.6 Å². The molecule has 1 aromatic rings. The second kappa shape index (κ2) is 5.83. The van der Waals surface area contributed by atoms with Crippen LogP contribution in [0.4, 0.5) is 0 Å². The van der Waals surface area contributed by atoms with Gasteiger partial charge in [0.05, 0.1) is 19.3 Å². The molecule has 0 aromatic heterocycles. The number of morpholine rings is 1. The van der Waals surface area contributed by atoms with Gasteiger partial charge in [0.2, 0.25) is 0 Å². The van der Waals surface area contributed by atoms with Crippen molar-refractivity contribution in [2.45, 2.75) is 24.8 Å². The summed E-state index contributed by atoms with van der Waals surface area (Å²) in [5.41, 5.74) is 2.82. The highest BCUT2D eigenvalue weighted by atomic mass is 16.5. The first-order valence-electron chi connectivity index (χ1n) is 7.05. The Morgan fingerprint density at radius 2 is 1.89 bits per heavy atom. The first-order valence-corrected chi connectivity index (χ1v) is 7.05. The van der Waals surface area contributed by atoms with Crippen molar-refractivity contribution in [3.05, 3.63) is 35.4 Å². The standard InChI is InChI=1S/C15H22N2O/c1-2-14(10-16-7-1)12-3-5-13(6-4-12)15-11-18-9-8-17-15/h3-6,14-17H,1-2,7-11H2. The Morgan fingerprint density at radius 1 is 1.06 bits per heavy atom. The largest absolute Gasteiger partial charge is 0.378 e. The van der Waals surface area contributed by atoms with Gasteiger partial charge in [-0.25, -0.2) is 0 Å². The molecule has 18 heavy (non-hydrogen) atoms. The van der Waals surface area contributed by atoms with Gasteiger partial charge in [-0.3, -0.25) is 0 Å². The first kappa shape index (κ1) is 12.2. The number of benzene rings is 1. The maximum Gasteiger partial charge on any atom is 0.0662 e. The summed E-state index contributed by atoms with van der Waals surface area (Å²) in [4.78, 5) is 0. The van der Waals surface area contributed by atoms with Crippen LogP contribution in [0.3, 0.4) is 0 Å². The number of hydrogen-bond acceptors (Lipinski definition) is 3. The lowest BCUT2D eigenvalue weighted by Crippen LogP contribution is -2.34. The second-order valence-corrected chi connectivity index (χ2v) is 5.29. The summed E-state index contributed by atoms with van der Waals surface area (Å²) < 4.78 is 5.51. The molecule has 2 aliphatic heterocycles. The quantitative estimate of drug-likeness (QED) is 0.835. The third-order valence-corrected chi connectivity index (χ3v) is 4.03. The summed E-state index contributed by atoms with van der Waals surface area (Å²) in [5.74, 6) is 0.698. The van der Waals surface area contributed by atoms with E-state index >= 15 is 0 Å². The molecule has 2 saturated heterocycles. The zero-order valence-electron chi connectivity index (χ0n) is 10.8. The normalized spacial score (nSPS) is 29.1. The van der Waals surface area contributed by atoms with Crippen LogP contribution in [0, 0.1) is 0 Å². The molecular weight excluding hydrogens is 224 g/mol. The van der Waals surface area contributed by atoms with Gasteiger partial charge in [-0.15, -0.1) is 0 Å². The molecule has 2 N–H and O–H groups in total. The number of rotatable bonds is 2. The van der Waals surface area contributed by atoms with E-state index in [1.807, 2.05) is 0 Å². The van der Waals surface area contributed by atoms with Crippen molar-refractivity contribution >= 4 is 0 Å². The van der Waals surface area contributed by atoms with Crippen molar-refractivity contribution in [3.8, 4) is 0 Å². The van der Waals surface area contributed by atoms with Gasteiger partial charge in [0.1, 0.15) is 0 Å². The van der Waals surface area contributed by atoms with Gasteiger partial charge in [0, 0.05) is 13.1 Å². The molecule has 2 fully saturated rings. The van der Waals surface area contributed by atoms with E-state index in [4.69, 9.17) is 4.74 Å². The first-order chi connectivity index (χ1) is 8.93. The van der Waals surface area contributed by atoms with Crippen LogP contribution in [0.1, 0.15) is 35.9 Å². The minimum Gasteiger partial charge on any atom is -0.378 e. The lowest BCUT2D eigenvalue weighted by Gasteiger charge is -2.26. The van der Waals surface area contributed by atoms with Crippen molar-refractivity contribution in [1.29, 1.82) is 0 Å². The minimum atomic E-state index is 0.372. The molecule has 2 aliphatic rings. The van der Waals surface area contributed by atoms with Crippen LogP contribution in [0.25, 0.3) is 0 Å². The summed E-state index contributed by atoms with van der Waals surface area (Å²) in [5, 5.41) is 6.98. The molecule has 0 amide bonds. The average Bonchev–Trinajstić information content (AvgIpc) is 2.49. The lowest BCUT2D eigenvalue weighted by atomic mass is 9.90. The Labute approximate surface area is 109 Å². The highest BCUT2D eigenvalue weighted by Crippen LogP contribution is 2.25. The highest BCUT2D eigenvalue weighted by molar-refractivity contribution is 5.28. The highest BCUT2D eigenvalue weighted by Gasteiger charge is 2.17. The molecule has 0 bridgehead atoms. The molecule has 2 atom stereocenters. The molecule has 1 aromatic carbocycles. The maximum atomic E-state index is 5.51. The van der Waals surface area contributed by atoms with E-state index in [1.54, 1.807) is 0 Å². The summed E-state index contributed by atoms with van der Waals surface area (Å²) in [6.45, 7) is 4.90. The fourth-order valence-corrected chi connectivity index (χ4v) is 2.92. The molecule has 2 unspecified atom stereocenters. The number of piperidine rings is 1. The fourth-order valence-electron chi connectivity index (χ4n) is 2.92. The average molecular weight is 246 g/mol. The fraction of sp³-hybridized carbons (Fsp3) is 0.600. The van der Waals surface area contributed by atoms with Crippen molar-refractivity contribution in [2.24, 2.45) is 0 Å². The van der Waals surface area contributed by atoms with Crippen molar-refractivity contribution in [1.82, 2.24) is 10.6 Å². The number of ether oxygens (including phenoxy) is 1. The van der Waals surface area contributed by atoms with E-state index in [-0.39, 0.29) is 0 Å². The van der Waals surface area contributed by atoms with Crippen LogP contribution in [0.2, 0.25) is 0 Å². The predicted octanol–water partition coefficient (Wildman–Crippen LogP) is 1.81. The summed E-state index contributed by atoms with van der Waals surface area (Å²) in [6, 6.07) is 9.48. The second-order valence-electron chi connectivity index (χ2n) is 5.29. The van der Waals surface area contributed by atoms with Gasteiger partial charge in [-0.05, 0) is 36.4 Å². The van der Waals surface area contributed by atoms with Crippen LogP contribution in [0.5, 0.6) is 0 Å². The van der Waals surface area contributed by atoms with E-state index in [0.717, 1.165) is 26.3 Å². The van der Waals surface area contributed by atoms with Crippen LogP contribution in [-0.2, 0) is 4.74 Å². The molecule has 3 heteroatoms. The SMILES string of the molecule is c1cc(C2COCCN2)ccc1C1CCCNC1. The zero-order valence-corrected chi connectivity index (χ0v) is 10.8. The van der Waals surface area contributed by atoms with Crippen LogP contribution in [-0.4, -0.2) is 32.8 Å². The van der Waals surface area contributed by atoms with E-state index in [9.17, 15) is 0 Å². The molecule has 0 radical (unpaired) electrons. The topological polar surface area (TPSA) is 33.3 Å². The smallest absolute Gasteiger partial charge is 0.0662 e. The lowest BCUT2D eigenvalue weighted by molar-refractivity contribution is 0.0769. The minimum absolute atomic E-state index is 0.372. The Morgan fingerprint density at radius 3 is 2.56 bits per heavy atom. The van der Waals surface area contributed by atoms with E-state index in [0.29, 0.717) is 12.0 Å². The summed E-state index contributed by atoms with van der Waals surface area (Å²) in [7, 11) is 0. The molecule has 3 rings (SSSR count). The van der Waals surface area contributed by atoms with Gasteiger partial charge < -0.3 is 15.4 Å². The third-order valence-electron chi connectivity index (χ3n) is 4.03. The van der Waals surface area contributed by atoms with E-state index < -0.39 is 0 Å². The Balaban J connectivity index is 1.67. The van der Waals surface area contributed by atoms with E-state index in [2.05, 4.69) is 34.9 Å². The molecular formula is C15H22N2O. The predicted molar refractivity (Wildman–Crippen MR) is 72.8 cm³/mol. The zero-order chi connectivity index (χ0) is 12.2. The maximum absolute atomic E-state index is 5.51. The third kappa shape index (κ3) is 2.74. The Hall–Kier alpha value is -0.900. The Bertz CT molecular complexity index is 328. The Kier molecular flexibility index (Phi) is 3.93. The molecule has 98 valence electrons. The van der Waals surface area contributed by atoms with Crippen molar-refractivity contribution < 1.29 is 4.74 Å². The number of nitrogens with one attached hydrogen (secondary N) is 2.